The van der Waals surface area contributed by atoms with Gasteiger partial charge in [0.25, 0.3) is 5.91 Å². The summed E-state index contributed by atoms with van der Waals surface area (Å²) >= 11 is 0. The number of hydrogen-bond donors (Lipinski definition) is 2. The van der Waals surface area contributed by atoms with Crippen LogP contribution in [-0.4, -0.2) is 38.3 Å². The van der Waals surface area contributed by atoms with Gasteiger partial charge in [-0.25, -0.2) is 4.79 Å². The summed E-state index contributed by atoms with van der Waals surface area (Å²) in [6.45, 7) is 3.14. The van der Waals surface area contributed by atoms with Crippen molar-refractivity contribution in [1.29, 1.82) is 0 Å². The minimum atomic E-state index is -0.344. The van der Waals surface area contributed by atoms with E-state index in [4.69, 9.17) is 9.47 Å². The molecule has 166 valence electrons. The fraction of sp³-hybridized carbons (Fsp3) is 0.440. The highest BCUT2D eigenvalue weighted by molar-refractivity contribution is 5.96. The lowest BCUT2D eigenvalue weighted by Gasteiger charge is -2.40. The molecule has 0 unspecified atom stereocenters. The van der Waals surface area contributed by atoms with Crippen LogP contribution < -0.4 is 15.4 Å². The smallest absolute Gasteiger partial charge is 0.407 e. The van der Waals surface area contributed by atoms with Crippen molar-refractivity contribution >= 4 is 12.0 Å². The van der Waals surface area contributed by atoms with E-state index in [0.29, 0.717) is 24.4 Å². The normalized spacial score (nSPS) is 20.5. The maximum absolute atomic E-state index is 12.9. The van der Waals surface area contributed by atoms with Gasteiger partial charge in [0.05, 0.1) is 12.7 Å². The first kappa shape index (κ1) is 22.7. The second-order valence-electron chi connectivity index (χ2n) is 8.06. The van der Waals surface area contributed by atoms with E-state index in [2.05, 4.69) is 22.8 Å². The monoisotopic (exact) mass is 424 g/mol. The lowest BCUT2D eigenvalue weighted by Crippen LogP contribution is -2.45. The van der Waals surface area contributed by atoms with Crippen LogP contribution >= 0.6 is 0 Å². The molecular weight excluding hydrogens is 392 g/mol. The molecule has 1 aliphatic rings. The second-order valence-corrected chi connectivity index (χ2v) is 8.06. The van der Waals surface area contributed by atoms with Crippen molar-refractivity contribution in [3.8, 4) is 5.75 Å². The van der Waals surface area contributed by atoms with E-state index >= 15 is 0 Å². The third-order valence-electron chi connectivity index (χ3n) is 6.01. The largest absolute Gasteiger partial charge is 0.496 e. The average Bonchev–Trinajstić information content (AvgIpc) is 2.82. The van der Waals surface area contributed by atoms with Crippen molar-refractivity contribution in [1.82, 2.24) is 10.6 Å². The van der Waals surface area contributed by atoms with Gasteiger partial charge < -0.3 is 20.1 Å². The Kier molecular flexibility index (Phi) is 7.93. The summed E-state index contributed by atoms with van der Waals surface area (Å²) in [4.78, 5) is 24.8. The zero-order valence-corrected chi connectivity index (χ0v) is 18.4. The summed E-state index contributed by atoms with van der Waals surface area (Å²) in [5.74, 6) is 0.411. The maximum Gasteiger partial charge on any atom is 0.407 e. The molecular formula is C25H32N2O4. The molecule has 1 aliphatic carbocycles. The Balaban J connectivity index is 1.69. The predicted octanol–water partition coefficient (Wildman–Crippen LogP) is 4.44. The predicted molar refractivity (Wildman–Crippen MR) is 120 cm³/mol. The summed E-state index contributed by atoms with van der Waals surface area (Å²) in [5, 5.41) is 5.90. The van der Waals surface area contributed by atoms with Crippen LogP contribution in [0.4, 0.5) is 4.79 Å². The fourth-order valence-electron chi connectivity index (χ4n) is 4.22. The zero-order chi connectivity index (χ0) is 22.1. The molecule has 0 aromatic heterocycles. The molecule has 0 saturated heterocycles. The van der Waals surface area contributed by atoms with Gasteiger partial charge in [-0.15, -0.1) is 0 Å². The number of nitrogens with one attached hydrogen (secondary N) is 2. The van der Waals surface area contributed by atoms with Gasteiger partial charge >= 0.3 is 6.09 Å². The van der Waals surface area contributed by atoms with Crippen LogP contribution in [0.3, 0.4) is 0 Å². The number of carbonyl (C=O) groups excluding carboxylic acids is 2. The summed E-state index contributed by atoms with van der Waals surface area (Å²) in [6, 6.07) is 17.5. The Labute approximate surface area is 184 Å². The standard InChI is InChI=1S/C25H32N2O4/c1-3-17-26-24(29)31-20-13-15-25(16-14-20,19-9-5-4-6-10-19)18-27-23(28)21-11-7-8-12-22(21)30-2/h4-12,20H,3,13-18H2,1-2H3,(H,26,29)(H,27,28). The lowest BCUT2D eigenvalue weighted by molar-refractivity contribution is 0.0565. The molecule has 2 aromatic carbocycles. The zero-order valence-electron chi connectivity index (χ0n) is 18.4. The van der Waals surface area contributed by atoms with E-state index in [0.717, 1.165) is 32.1 Å². The third kappa shape index (κ3) is 5.78. The number of benzene rings is 2. The van der Waals surface area contributed by atoms with Crippen LogP contribution in [0, 0.1) is 0 Å². The van der Waals surface area contributed by atoms with Crippen molar-refractivity contribution in [3.05, 3.63) is 65.7 Å². The van der Waals surface area contributed by atoms with Crippen LogP contribution in [0.1, 0.15) is 54.9 Å². The first-order chi connectivity index (χ1) is 15.1. The molecule has 2 aromatic rings. The average molecular weight is 425 g/mol. The molecule has 2 amide bonds. The van der Waals surface area contributed by atoms with Gasteiger partial charge in [-0.1, -0.05) is 49.4 Å². The van der Waals surface area contributed by atoms with Gasteiger partial charge in [0.15, 0.2) is 0 Å². The summed E-state index contributed by atoms with van der Waals surface area (Å²) < 4.78 is 10.9. The van der Waals surface area contributed by atoms with Gasteiger partial charge in [-0.05, 0) is 49.8 Å². The first-order valence-electron chi connectivity index (χ1n) is 11.0. The summed E-state index contributed by atoms with van der Waals surface area (Å²) in [5.41, 5.74) is 1.53. The lowest BCUT2D eigenvalue weighted by atomic mass is 9.68. The number of para-hydroxylation sites is 1. The van der Waals surface area contributed by atoms with Gasteiger partial charge in [0, 0.05) is 18.5 Å². The Morgan fingerprint density at radius 1 is 1.00 bits per heavy atom. The van der Waals surface area contributed by atoms with E-state index < -0.39 is 0 Å². The summed E-state index contributed by atoms with van der Waals surface area (Å²) in [6.07, 6.45) is 3.62. The number of amides is 2. The van der Waals surface area contributed by atoms with Crippen LogP contribution in [0.5, 0.6) is 5.75 Å². The van der Waals surface area contributed by atoms with Crippen LogP contribution in [0.2, 0.25) is 0 Å². The molecule has 0 radical (unpaired) electrons. The highest BCUT2D eigenvalue weighted by Crippen LogP contribution is 2.40. The van der Waals surface area contributed by atoms with E-state index in [9.17, 15) is 9.59 Å². The number of alkyl carbamates (subject to hydrolysis) is 1. The van der Waals surface area contributed by atoms with Crippen molar-refractivity contribution in [2.75, 3.05) is 20.2 Å². The van der Waals surface area contributed by atoms with Crippen molar-refractivity contribution in [2.45, 2.75) is 50.5 Å². The van der Waals surface area contributed by atoms with Gasteiger partial charge in [0.1, 0.15) is 11.9 Å². The summed E-state index contributed by atoms with van der Waals surface area (Å²) in [7, 11) is 1.56. The van der Waals surface area contributed by atoms with Crippen LogP contribution in [-0.2, 0) is 10.2 Å². The Hall–Kier alpha value is -3.02. The van der Waals surface area contributed by atoms with Crippen molar-refractivity contribution in [3.63, 3.8) is 0 Å². The number of ether oxygens (including phenoxy) is 2. The molecule has 1 fully saturated rings. The SMILES string of the molecule is CCCNC(=O)OC1CCC(CNC(=O)c2ccccc2OC)(c2ccccc2)CC1. The number of rotatable bonds is 8. The molecule has 0 atom stereocenters. The van der Waals surface area contributed by atoms with E-state index in [1.807, 2.05) is 37.3 Å². The highest BCUT2D eigenvalue weighted by Gasteiger charge is 2.38. The van der Waals surface area contributed by atoms with E-state index in [1.54, 1.807) is 19.2 Å². The van der Waals surface area contributed by atoms with Gasteiger partial charge in [-0.2, -0.15) is 0 Å². The highest BCUT2D eigenvalue weighted by atomic mass is 16.6. The van der Waals surface area contributed by atoms with E-state index in [-0.39, 0.29) is 23.5 Å². The first-order valence-corrected chi connectivity index (χ1v) is 11.0. The van der Waals surface area contributed by atoms with Gasteiger partial charge in [-0.3, -0.25) is 4.79 Å². The number of methoxy groups -OCH3 is 1. The molecule has 2 N–H and O–H groups in total. The van der Waals surface area contributed by atoms with Crippen LogP contribution in [0.15, 0.2) is 54.6 Å². The van der Waals surface area contributed by atoms with E-state index in [1.165, 1.54) is 5.56 Å². The molecule has 3 rings (SSSR count). The number of hydrogen-bond acceptors (Lipinski definition) is 4. The molecule has 0 heterocycles. The topological polar surface area (TPSA) is 76.7 Å². The number of carbonyl (C=O) groups is 2. The molecule has 0 aliphatic heterocycles. The quantitative estimate of drug-likeness (QED) is 0.657. The molecule has 1 saturated carbocycles. The molecule has 6 heteroatoms. The minimum Gasteiger partial charge on any atom is -0.496 e. The molecule has 31 heavy (non-hydrogen) atoms. The minimum absolute atomic E-state index is 0.0985. The molecule has 6 nitrogen and oxygen atoms in total. The van der Waals surface area contributed by atoms with Crippen LogP contribution in [0.25, 0.3) is 0 Å². The van der Waals surface area contributed by atoms with Crippen molar-refractivity contribution < 1.29 is 19.1 Å². The Morgan fingerprint density at radius 2 is 1.68 bits per heavy atom. The van der Waals surface area contributed by atoms with Crippen molar-refractivity contribution in [2.24, 2.45) is 0 Å². The maximum atomic E-state index is 12.9. The third-order valence-corrected chi connectivity index (χ3v) is 6.01. The molecule has 0 bridgehead atoms. The Bertz CT molecular complexity index is 861. The van der Waals surface area contributed by atoms with Gasteiger partial charge in [0.2, 0.25) is 0 Å². The Morgan fingerprint density at radius 3 is 2.35 bits per heavy atom. The molecule has 0 spiro atoms. The fourth-order valence-corrected chi connectivity index (χ4v) is 4.22. The second kappa shape index (κ2) is 10.8.